The van der Waals surface area contributed by atoms with Crippen molar-refractivity contribution in [3.63, 3.8) is 0 Å². The molecule has 0 aliphatic carbocycles. The molecule has 0 bridgehead atoms. The molecule has 22 heavy (non-hydrogen) atoms. The molecular formula is C17H19BrN2O2. The summed E-state index contributed by atoms with van der Waals surface area (Å²) >= 11 is 3.40. The number of hydrogen-bond acceptors (Lipinski definition) is 2. The first-order valence-electron chi connectivity index (χ1n) is 7.15. The first-order valence-corrected chi connectivity index (χ1v) is 7.94. The zero-order valence-electron chi connectivity index (χ0n) is 12.6. The molecule has 2 N–H and O–H groups in total. The van der Waals surface area contributed by atoms with Crippen molar-refractivity contribution in [3.8, 4) is 5.75 Å². The summed E-state index contributed by atoms with van der Waals surface area (Å²) in [5.74, 6) is 0.830. The number of carbonyl (C=O) groups is 1. The van der Waals surface area contributed by atoms with E-state index in [9.17, 15) is 4.79 Å². The molecule has 116 valence electrons. The van der Waals surface area contributed by atoms with Gasteiger partial charge in [-0.2, -0.15) is 0 Å². The predicted molar refractivity (Wildman–Crippen MR) is 92.3 cm³/mol. The van der Waals surface area contributed by atoms with E-state index in [0.717, 1.165) is 21.5 Å². The van der Waals surface area contributed by atoms with Crippen molar-refractivity contribution in [2.24, 2.45) is 0 Å². The minimum atomic E-state index is -0.242. The van der Waals surface area contributed by atoms with Crippen LogP contribution in [0.25, 0.3) is 0 Å². The number of carbonyl (C=O) groups excluding carboxylic acids is 1. The number of ether oxygens (including phenoxy) is 1. The molecule has 1 atom stereocenters. The van der Waals surface area contributed by atoms with Crippen molar-refractivity contribution in [2.45, 2.75) is 19.9 Å². The van der Waals surface area contributed by atoms with Crippen LogP contribution in [0.5, 0.6) is 5.75 Å². The van der Waals surface area contributed by atoms with Gasteiger partial charge in [0.1, 0.15) is 5.75 Å². The second kappa shape index (κ2) is 7.84. The number of nitrogens with one attached hydrogen (secondary N) is 2. The van der Waals surface area contributed by atoms with Gasteiger partial charge in [-0.15, -0.1) is 0 Å². The predicted octanol–water partition coefficient (Wildman–Crippen LogP) is 4.73. The first kappa shape index (κ1) is 16.4. The molecule has 4 nitrogen and oxygen atoms in total. The van der Waals surface area contributed by atoms with Crippen LogP contribution in [0.1, 0.15) is 25.5 Å². The van der Waals surface area contributed by atoms with Crippen molar-refractivity contribution < 1.29 is 9.53 Å². The lowest BCUT2D eigenvalue weighted by Gasteiger charge is -2.16. The van der Waals surface area contributed by atoms with Crippen LogP contribution in [-0.4, -0.2) is 12.6 Å². The van der Waals surface area contributed by atoms with Gasteiger partial charge in [0, 0.05) is 4.47 Å². The Morgan fingerprint density at radius 2 is 1.86 bits per heavy atom. The zero-order chi connectivity index (χ0) is 15.9. The van der Waals surface area contributed by atoms with Crippen molar-refractivity contribution in [1.29, 1.82) is 0 Å². The fourth-order valence-corrected chi connectivity index (χ4v) is 2.40. The number of benzene rings is 2. The van der Waals surface area contributed by atoms with Crippen LogP contribution in [-0.2, 0) is 0 Å². The van der Waals surface area contributed by atoms with Crippen molar-refractivity contribution in [2.75, 3.05) is 11.9 Å². The summed E-state index contributed by atoms with van der Waals surface area (Å²) in [5, 5.41) is 5.73. The maximum Gasteiger partial charge on any atom is 0.319 e. The summed E-state index contributed by atoms with van der Waals surface area (Å²) in [7, 11) is 0. The van der Waals surface area contributed by atoms with E-state index >= 15 is 0 Å². The molecule has 2 aromatic rings. The Labute approximate surface area is 139 Å². The number of urea groups is 1. The minimum absolute atomic E-state index is 0.0989. The molecule has 2 rings (SSSR count). The van der Waals surface area contributed by atoms with Gasteiger partial charge < -0.3 is 15.4 Å². The van der Waals surface area contributed by atoms with Crippen LogP contribution in [0.3, 0.4) is 0 Å². The van der Waals surface area contributed by atoms with Gasteiger partial charge >= 0.3 is 6.03 Å². The summed E-state index contributed by atoms with van der Waals surface area (Å²) in [4.78, 5) is 12.1. The molecule has 0 heterocycles. The van der Waals surface area contributed by atoms with Gasteiger partial charge in [-0.3, -0.25) is 0 Å². The number of amides is 2. The third kappa shape index (κ3) is 4.49. The fourth-order valence-electron chi connectivity index (χ4n) is 2.02. The van der Waals surface area contributed by atoms with E-state index in [0.29, 0.717) is 6.61 Å². The number of rotatable bonds is 5. The Kier molecular flexibility index (Phi) is 5.83. The van der Waals surface area contributed by atoms with Gasteiger partial charge in [-0.1, -0.05) is 24.3 Å². The highest BCUT2D eigenvalue weighted by atomic mass is 79.9. The van der Waals surface area contributed by atoms with E-state index < -0.39 is 0 Å². The molecule has 0 saturated carbocycles. The second-order valence-electron chi connectivity index (χ2n) is 4.80. The molecule has 0 aliphatic rings. The van der Waals surface area contributed by atoms with Crippen LogP contribution >= 0.6 is 15.9 Å². The lowest BCUT2D eigenvalue weighted by Crippen LogP contribution is -2.31. The van der Waals surface area contributed by atoms with Gasteiger partial charge in [0.05, 0.1) is 18.3 Å². The fraction of sp³-hybridized carbons (Fsp3) is 0.235. The quantitative estimate of drug-likeness (QED) is 0.807. The highest BCUT2D eigenvalue weighted by molar-refractivity contribution is 9.10. The van der Waals surface area contributed by atoms with Gasteiger partial charge in [0.2, 0.25) is 0 Å². The standard InChI is InChI=1S/C17H19BrN2O2/c1-3-22-14-10-8-13(9-11-14)12(2)19-17(21)20-16-7-5-4-6-15(16)18/h4-12H,3H2,1-2H3,(H2,19,20,21)/t12-/m0/s1. The largest absolute Gasteiger partial charge is 0.494 e. The van der Waals surface area contributed by atoms with E-state index in [-0.39, 0.29) is 12.1 Å². The molecular weight excluding hydrogens is 344 g/mol. The summed E-state index contributed by atoms with van der Waals surface area (Å²) in [6, 6.07) is 14.9. The van der Waals surface area contributed by atoms with Crippen molar-refractivity contribution in [3.05, 3.63) is 58.6 Å². The molecule has 5 heteroatoms. The van der Waals surface area contributed by atoms with E-state index in [1.807, 2.05) is 62.4 Å². The molecule has 0 spiro atoms. The normalized spacial score (nSPS) is 11.6. The van der Waals surface area contributed by atoms with Crippen molar-refractivity contribution >= 4 is 27.6 Å². The molecule has 0 saturated heterocycles. The van der Waals surface area contributed by atoms with Crippen LogP contribution in [0.15, 0.2) is 53.0 Å². The maximum atomic E-state index is 12.1. The van der Waals surface area contributed by atoms with Crippen LogP contribution < -0.4 is 15.4 Å². The Bertz CT molecular complexity index is 629. The van der Waals surface area contributed by atoms with E-state index in [2.05, 4.69) is 26.6 Å². The Morgan fingerprint density at radius 1 is 1.18 bits per heavy atom. The van der Waals surface area contributed by atoms with Crippen molar-refractivity contribution in [1.82, 2.24) is 5.32 Å². The van der Waals surface area contributed by atoms with Gasteiger partial charge in [-0.25, -0.2) is 4.79 Å². The average Bonchev–Trinajstić information content (AvgIpc) is 2.50. The Morgan fingerprint density at radius 3 is 2.50 bits per heavy atom. The SMILES string of the molecule is CCOc1ccc([C@H](C)NC(=O)Nc2ccccc2Br)cc1. The first-order chi connectivity index (χ1) is 10.6. The summed E-state index contributed by atoms with van der Waals surface area (Å²) in [6.07, 6.45) is 0. The lowest BCUT2D eigenvalue weighted by atomic mass is 10.1. The van der Waals surface area contributed by atoms with Crippen LogP contribution in [0, 0.1) is 0 Å². The third-order valence-electron chi connectivity index (χ3n) is 3.16. The van der Waals surface area contributed by atoms with Gasteiger partial charge in [-0.05, 0) is 59.6 Å². The zero-order valence-corrected chi connectivity index (χ0v) is 14.2. The molecule has 2 amide bonds. The second-order valence-corrected chi connectivity index (χ2v) is 5.66. The molecule has 0 aliphatic heterocycles. The smallest absolute Gasteiger partial charge is 0.319 e. The average molecular weight is 363 g/mol. The summed E-state index contributed by atoms with van der Waals surface area (Å²) < 4.78 is 6.26. The Hall–Kier alpha value is -2.01. The number of halogens is 1. The topological polar surface area (TPSA) is 50.4 Å². The Balaban J connectivity index is 1.94. The minimum Gasteiger partial charge on any atom is -0.494 e. The molecule has 0 aromatic heterocycles. The van der Waals surface area contributed by atoms with Gasteiger partial charge in [0.15, 0.2) is 0 Å². The molecule has 2 aromatic carbocycles. The lowest BCUT2D eigenvalue weighted by molar-refractivity contribution is 0.249. The number of hydrogen-bond donors (Lipinski definition) is 2. The third-order valence-corrected chi connectivity index (χ3v) is 3.85. The van der Waals surface area contributed by atoms with Crippen LogP contribution in [0.2, 0.25) is 0 Å². The van der Waals surface area contributed by atoms with E-state index in [1.54, 1.807) is 0 Å². The maximum absolute atomic E-state index is 12.1. The molecule has 0 radical (unpaired) electrons. The van der Waals surface area contributed by atoms with E-state index in [1.165, 1.54) is 0 Å². The summed E-state index contributed by atoms with van der Waals surface area (Å²) in [5.41, 5.74) is 1.75. The monoisotopic (exact) mass is 362 g/mol. The molecule has 0 unspecified atom stereocenters. The van der Waals surface area contributed by atoms with Crippen LogP contribution in [0.4, 0.5) is 10.5 Å². The molecule has 0 fully saturated rings. The van der Waals surface area contributed by atoms with E-state index in [4.69, 9.17) is 4.74 Å². The number of anilines is 1. The highest BCUT2D eigenvalue weighted by Crippen LogP contribution is 2.22. The highest BCUT2D eigenvalue weighted by Gasteiger charge is 2.10. The van der Waals surface area contributed by atoms with Gasteiger partial charge in [0.25, 0.3) is 0 Å². The summed E-state index contributed by atoms with van der Waals surface area (Å²) in [6.45, 7) is 4.53. The number of para-hydroxylation sites is 1.